The molecule has 0 spiro atoms. The normalized spacial score (nSPS) is 11.1. The SMILES string of the molecule is CCOc1cc(/C=C(/C#N)C(=O)Nc2ccc(SC(F)F)cc2)cc(Br)c1OCC(=O)N(C)C. The number of carbonyl (C=O) groups excluding carboxylic acids is 2. The van der Waals surface area contributed by atoms with E-state index in [0.717, 1.165) is 0 Å². The van der Waals surface area contributed by atoms with Crippen LogP contribution in [0.4, 0.5) is 14.5 Å². The highest BCUT2D eigenvalue weighted by molar-refractivity contribution is 9.10. The molecule has 0 radical (unpaired) electrons. The zero-order chi connectivity index (χ0) is 25.3. The quantitative estimate of drug-likeness (QED) is 0.248. The minimum Gasteiger partial charge on any atom is -0.490 e. The summed E-state index contributed by atoms with van der Waals surface area (Å²) in [6, 6.07) is 10.9. The summed E-state index contributed by atoms with van der Waals surface area (Å²) >= 11 is 3.78. The number of anilines is 1. The number of nitrogens with one attached hydrogen (secondary N) is 1. The molecule has 0 aromatic heterocycles. The lowest BCUT2D eigenvalue weighted by Gasteiger charge is -2.16. The Morgan fingerprint density at radius 2 is 1.91 bits per heavy atom. The van der Waals surface area contributed by atoms with E-state index in [2.05, 4.69) is 21.2 Å². The van der Waals surface area contributed by atoms with Crippen molar-refractivity contribution in [1.29, 1.82) is 5.26 Å². The fourth-order valence-electron chi connectivity index (χ4n) is 2.57. The largest absolute Gasteiger partial charge is 0.490 e. The van der Waals surface area contributed by atoms with Gasteiger partial charge in [0.05, 0.1) is 11.1 Å². The molecular formula is C23H22BrF2N3O4S. The van der Waals surface area contributed by atoms with Crippen molar-refractivity contribution < 1.29 is 27.8 Å². The zero-order valence-electron chi connectivity index (χ0n) is 18.6. The van der Waals surface area contributed by atoms with Crippen LogP contribution in [0.25, 0.3) is 6.08 Å². The number of halogens is 3. The van der Waals surface area contributed by atoms with Gasteiger partial charge < -0.3 is 19.7 Å². The number of hydrogen-bond acceptors (Lipinski definition) is 6. The third kappa shape index (κ3) is 8.04. The summed E-state index contributed by atoms with van der Waals surface area (Å²) in [6.07, 6.45) is 1.37. The van der Waals surface area contributed by atoms with E-state index in [1.54, 1.807) is 33.2 Å². The maximum Gasteiger partial charge on any atom is 0.288 e. The molecule has 1 N–H and O–H groups in total. The van der Waals surface area contributed by atoms with E-state index in [4.69, 9.17) is 9.47 Å². The number of nitrogens with zero attached hydrogens (tertiary/aromatic N) is 2. The van der Waals surface area contributed by atoms with Crippen LogP contribution in [0.2, 0.25) is 0 Å². The van der Waals surface area contributed by atoms with Gasteiger partial charge in [-0.05, 0) is 70.9 Å². The Labute approximate surface area is 208 Å². The van der Waals surface area contributed by atoms with Crippen LogP contribution >= 0.6 is 27.7 Å². The molecule has 7 nitrogen and oxygen atoms in total. The van der Waals surface area contributed by atoms with Crippen molar-refractivity contribution in [2.24, 2.45) is 0 Å². The summed E-state index contributed by atoms with van der Waals surface area (Å²) < 4.78 is 36.6. The number of amides is 2. The van der Waals surface area contributed by atoms with Crippen molar-refractivity contribution in [1.82, 2.24) is 4.90 Å². The second kappa shape index (κ2) is 13.0. The van der Waals surface area contributed by atoms with Crippen LogP contribution in [-0.2, 0) is 9.59 Å². The second-order valence-corrected chi connectivity index (χ2v) is 8.78. The molecule has 180 valence electrons. The van der Waals surface area contributed by atoms with Crippen LogP contribution in [0.15, 0.2) is 51.3 Å². The molecule has 0 atom stereocenters. The smallest absolute Gasteiger partial charge is 0.288 e. The molecule has 11 heteroatoms. The van der Waals surface area contributed by atoms with Crippen molar-refractivity contribution in [3.63, 3.8) is 0 Å². The van der Waals surface area contributed by atoms with Crippen LogP contribution in [-0.4, -0.2) is 49.8 Å². The minimum absolute atomic E-state index is 0.183. The standard InChI is InChI=1S/C23H22BrF2N3O4S/c1-4-32-19-11-14(10-18(24)21(19)33-13-20(30)29(2)3)9-15(12-27)22(31)28-16-5-7-17(8-6-16)34-23(25)26/h5-11,23H,4,13H2,1-3H3,(H,28,31)/b15-9-. The molecule has 0 saturated heterocycles. The number of nitriles is 1. The van der Waals surface area contributed by atoms with E-state index in [0.29, 0.717) is 50.5 Å². The van der Waals surface area contributed by atoms with Crippen molar-refractivity contribution >= 4 is 51.3 Å². The van der Waals surface area contributed by atoms with Gasteiger partial charge in [-0.2, -0.15) is 14.0 Å². The molecule has 0 aliphatic rings. The number of likely N-dealkylation sites (N-methyl/N-ethyl adjacent to an activating group) is 1. The van der Waals surface area contributed by atoms with Crippen molar-refractivity contribution in [2.45, 2.75) is 17.6 Å². The van der Waals surface area contributed by atoms with Gasteiger partial charge in [0, 0.05) is 24.7 Å². The van der Waals surface area contributed by atoms with Gasteiger partial charge in [-0.25, -0.2) is 0 Å². The summed E-state index contributed by atoms with van der Waals surface area (Å²) in [6.45, 7) is 1.91. The molecule has 2 amide bonds. The number of hydrogen-bond donors (Lipinski definition) is 1. The lowest BCUT2D eigenvalue weighted by atomic mass is 10.1. The maximum atomic E-state index is 12.6. The molecule has 0 heterocycles. The highest BCUT2D eigenvalue weighted by Crippen LogP contribution is 2.37. The fourth-order valence-corrected chi connectivity index (χ4v) is 3.64. The molecule has 0 unspecified atom stereocenters. The molecule has 0 aliphatic heterocycles. The summed E-state index contributed by atoms with van der Waals surface area (Å²) in [7, 11) is 3.23. The fraction of sp³-hybridized carbons (Fsp3) is 0.261. The predicted molar refractivity (Wildman–Crippen MR) is 130 cm³/mol. The monoisotopic (exact) mass is 553 g/mol. The Bertz CT molecular complexity index is 1100. The third-order valence-corrected chi connectivity index (χ3v) is 5.50. The van der Waals surface area contributed by atoms with E-state index in [-0.39, 0.29) is 18.1 Å². The number of thioether (sulfide) groups is 1. The van der Waals surface area contributed by atoms with Crippen LogP contribution in [0, 0.1) is 11.3 Å². The summed E-state index contributed by atoms with van der Waals surface area (Å²) in [5.74, 6) is -2.79. The van der Waals surface area contributed by atoms with Gasteiger partial charge in [0.2, 0.25) is 0 Å². The summed E-state index contributed by atoms with van der Waals surface area (Å²) in [5.41, 5.74) is 0.657. The maximum absolute atomic E-state index is 12.6. The van der Waals surface area contributed by atoms with Gasteiger partial charge in [0.25, 0.3) is 17.6 Å². The molecule has 0 aliphatic carbocycles. The van der Waals surface area contributed by atoms with E-state index in [9.17, 15) is 23.6 Å². The van der Waals surface area contributed by atoms with Crippen LogP contribution in [0.3, 0.4) is 0 Å². The highest BCUT2D eigenvalue weighted by Gasteiger charge is 2.16. The van der Waals surface area contributed by atoms with Gasteiger partial charge in [0.1, 0.15) is 11.6 Å². The summed E-state index contributed by atoms with van der Waals surface area (Å²) in [4.78, 5) is 26.2. The molecule has 0 saturated carbocycles. The number of benzene rings is 2. The van der Waals surface area contributed by atoms with Gasteiger partial charge in [-0.1, -0.05) is 11.8 Å². The number of carbonyl (C=O) groups is 2. The van der Waals surface area contributed by atoms with Crippen molar-refractivity contribution in [2.75, 3.05) is 32.6 Å². The molecule has 0 bridgehead atoms. The number of ether oxygens (including phenoxy) is 2. The van der Waals surface area contributed by atoms with E-state index < -0.39 is 11.7 Å². The van der Waals surface area contributed by atoms with Crippen molar-refractivity contribution in [3.05, 3.63) is 52.0 Å². The van der Waals surface area contributed by atoms with Gasteiger partial charge in [-0.3, -0.25) is 9.59 Å². The first-order chi connectivity index (χ1) is 16.1. The van der Waals surface area contributed by atoms with E-state index >= 15 is 0 Å². The number of alkyl halides is 2. The Morgan fingerprint density at radius 3 is 2.47 bits per heavy atom. The average molecular weight is 554 g/mol. The molecule has 2 rings (SSSR count). The molecule has 2 aromatic rings. The second-order valence-electron chi connectivity index (χ2n) is 6.87. The Kier molecular flexibility index (Phi) is 10.3. The Hall–Kier alpha value is -3.10. The topological polar surface area (TPSA) is 91.7 Å². The minimum atomic E-state index is -2.54. The van der Waals surface area contributed by atoms with E-state index in [1.165, 1.54) is 35.2 Å². The van der Waals surface area contributed by atoms with Crippen LogP contribution in [0.1, 0.15) is 12.5 Å². The Balaban J connectivity index is 2.24. The predicted octanol–water partition coefficient (Wildman–Crippen LogP) is 5.18. The zero-order valence-corrected chi connectivity index (χ0v) is 21.0. The van der Waals surface area contributed by atoms with Crippen LogP contribution in [0.5, 0.6) is 11.5 Å². The summed E-state index contributed by atoms with van der Waals surface area (Å²) in [5, 5.41) is 12.1. The highest BCUT2D eigenvalue weighted by atomic mass is 79.9. The first-order valence-corrected chi connectivity index (χ1v) is 11.6. The third-order valence-electron chi connectivity index (χ3n) is 4.18. The van der Waals surface area contributed by atoms with Crippen LogP contribution < -0.4 is 14.8 Å². The first kappa shape index (κ1) is 27.1. The molecule has 34 heavy (non-hydrogen) atoms. The lowest BCUT2D eigenvalue weighted by molar-refractivity contribution is -0.130. The van der Waals surface area contributed by atoms with Gasteiger partial charge >= 0.3 is 0 Å². The molecule has 2 aromatic carbocycles. The van der Waals surface area contributed by atoms with Gasteiger partial charge in [0.15, 0.2) is 18.1 Å². The average Bonchev–Trinajstić information content (AvgIpc) is 2.77. The first-order valence-electron chi connectivity index (χ1n) is 9.91. The number of rotatable bonds is 10. The lowest BCUT2D eigenvalue weighted by Crippen LogP contribution is -2.27. The van der Waals surface area contributed by atoms with Crippen molar-refractivity contribution in [3.8, 4) is 17.6 Å². The molecular weight excluding hydrogens is 532 g/mol. The Morgan fingerprint density at radius 1 is 1.24 bits per heavy atom. The van der Waals surface area contributed by atoms with Gasteiger partial charge in [-0.15, -0.1) is 0 Å². The van der Waals surface area contributed by atoms with E-state index in [1.807, 2.05) is 6.07 Å². The molecule has 0 fully saturated rings.